The average molecular weight is 405 g/mol. The fourth-order valence-corrected chi connectivity index (χ4v) is 3.58. The summed E-state index contributed by atoms with van der Waals surface area (Å²) in [6.45, 7) is 4.32. The fraction of sp³-hybridized carbons (Fsp3) is 0.250. The molecule has 4 rings (SSSR count). The minimum atomic E-state index is -0.323. The Kier molecular flexibility index (Phi) is 5.93. The van der Waals surface area contributed by atoms with Gasteiger partial charge in [-0.1, -0.05) is 11.6 Å². The van der Waals surface area contributed by atoms with Crippen LogP contribution in [0.2, 0.25) is 0 Å². The zero-order valence-corrected chi connectivity index (χ0v) is 16.9. The van der Waals surface area contributed by atoms with E-state index in [0.29, 0.717) is 23.7 Å². The van der Waals surface area contributed by atoms with Crippen LogP contribution in [0.1, 0.15) is 34.3 Å². The van der Waals surface area contributed by atoms with Gasteiger partial charge in [-0.15, -0.1) is 0 Å². The molecule has 2 heterocycles. The summed E-state index contributed by atoms with van der Waals surface area (Å²) in [5, 5.41) is 3.01. The van der Waals surface area contributed by atoms with E-state index in [1.807, 2.05) is 31.2 Å². The van der Waals surface area contributed by atoms with Gasteiger partial charge in [-0.25, -0.2) is 9.37 Å². The molecule has 0 bridgehead atoms. The Balaban J connectivity index is 1.44. The molecule has 0 unspecified atom stereocenters. The van der Waals surface area contributed by atoms with Gasteiger partial charge in [0.15, 0.2) is 0 Å². The molecule has 1 saturated heterocycles. The van der Waals surface area contributed by atoms with Gasteiger partial charge in [0.2, 0.25) is 5.88 Å². The lowest BCUT2D eigenvalue weighted by atomic mass is 10.1. The maximum Gasteiger partial charge on any atom is 0.253 e. The summed E-state index contributed by atoms with van der Waals surface area (Å²) in [5.74, 6) is 0.469. The van der Waals surface area contributed by atoms with Gasteiger partial charge in [0.05, 0.1) is 5.56 Å². The van der Waals surface area contributed by atoms with Crippen LogP contribution in [0.15, 0.2) is 60.8 Å². The van der Waals surface area contributed by atoms with Gasteiger partial charge in [-0.3, -0.25) is 4.79 Å². The van der Waals surface area contributed by atoms with Crippen LogP contribution in [0.4, 0.5) is 10.1 Å². The highest BCUT2D eigenvalue weighted by atomic mass is 19.1. The summed E-state index contributed by atoms with van der Waals surface area (Å²) in [6, 6.07) is 15.4. The molecule has 1 aromatic heterocycles. The summed E-state index contributed by atoms with van der Waals surface area (Å²) in [5.41, 5.74) is 3.62. The van der Waals surface area contributed by atoms with Gasteiger partial charge in [-0.05, 0) is 67.8 Å². The third-order valence-corrected chi connectivity index (χ3v) is 5.13. The molecule has 1 aliphatic rings. The van der Waals surface area contributed by atoms with Crippen LogP contribution >= 0.6 is 0 Å². The maximum atomic E-state index is 13.0. The number of nitrogens with one attached hydrogen (secondary N) is 1. The average Bonchev–Trinajstić information content (AvgIpc) is 3.29. The highest BCUT2D eigenvalue weighted by Crippen LogP contribution is 2.26. The molecule has 3 aromatic rings. The first-order chi connectivity index (χ1) is 14.6. The van der Waals surface area contributed by atoms with Crippen molar-refractivity contribution in [2.24, 2.45) is 0 Å². The number of hydrogen-bond donors (Lipinski definition) is 1. The SMILES string of the molecule is Cc1ccc(N2CCCC2)c(C(=O)NCc2ccnc(Oc3ccc(F)cc3)c2)c1. The molecular formula is C24H24FN3O2. The Bertz CT molecular complexity index is 1030. The largest absolute Gasteiger partial charge is 0.439 e. The third kappa shape index (κ3) is 4.76. The number of benzene rings is 2. The number of rotatable bonds is 6. The van der Waals surface area contributed by atoms with Crippen LogP contribution in [-0.2, 0) is 6.54 Å². The minimum Gasteiger partial charge on any atom is -0.439 e. The van der Waals surface area contributed by atoms with Crippen molar-refractivity contribution in [1.82, 2.24) is 10.3 Å². The molecule has 1 aliphatic heterocycles. The van der Waals surface area contributed by atoms with Gasteiger partial charge in [-0.2, -0.15) is 0 Å². The normalized spacial score (nSPS) is 13.3. The summed E-state index contributed by atoms with van der Waals surface area (Å²) < 4.78 is 18.7. The number of hydrogen-bond acceptors (Lipinski definition) is 4. The van der Waals surface area contributed by atoms with E-state index < -0.39 is 0 Å². The van der Waals surface area contributed by atoms with E-state index in [4.69, 9.17) is 4.74 Å². The van der Waals surface area contributed by atoms with Crippen LogP contribution in [0.3, 0.4) is 0 Å². The third-order valence-electron chi connectivity index (χ3n) is 5.13. The van der Waals surface area contributed by atoms with E-state index in [9.17, 15) is 9.18 Å². The summed E-state index contributed by atoms with van der Waals surface area (Å²) >= 11 is 0. The lowest BCUT2D eigenvalue weighted by molar-refractivity contribution is 0.0951. The fourth-order valence-electron chi connectivity index (χ4n) is 3.58. The number of carbonyl (C=O) groups is 1. The van der Waals surface area contributed by atoms with E-state index in [2.05, 4.69) is 15.2 Å². The molecule has 1 N–H and O–H groups in total. The lowest BCUT2D eigenvalue weighted by Gasteiger charge is -2.21. The van der Waals surface area contributed by atoms with Crippen molar-refractivity contribution in [2.45, 2.75) is 26.3 Å². The molecule has 6 heteroatoms. The first-order valence-corrected chi connectivity index (χ1v) is 10.1. The topological polar surface area (TPSA) is 54.5 Å². The van der Waals surface area contributed by atoms with Crippen molar-refractivity contribution in [1.29, 1.82) is 0 Å². The second-order valence-corrected chi connectivity index (χ2v) is 7.46. The standard InChI is InChI=1S/C24H24FN3O2/c1-17-4-9-22(28-12-2-3-13-28)21(14-17)24(29)27-16-18-10-11-26-23(15-18)30-20-7-5-19(25)6-8-20/h4-11,14-15H,2-3,12-13,16H2,1H3,(H,27,29). The molecule has 30 heavy (non-hydrogen) atoms. The van der Waals surface area contributed by atoms with Crippen molar-refractivity contribution in [2.75, 3.05) is 18.0 Å². The van der Waals surface area contributed by atoms with Crippen molar-refractivity contribution in [3.05, 3.63) is 83.3 Å². The second kappa shape index (κ2) is 8.95. The summed E-state index contributed by atoms with van der Waals surface area (Å²) in [7, 11) is 0. The summed E-state index contributed by atoms with van der Waals surface area (Å²) in [4.78, 5) is 19.4. The van der Waals surface area contributed by atoms with Crippen LogP contribution in [-0.4, -0.2) is 24.0 Å². The number of carbonyl (C=O) groups excluding carboxylic acids is 1. The molecule has 1 fully saturated rings. The second-order valence-electron chi connectivity index (χ2n) is 7.46. The maximum absolute atomic E-state index is 13.0. The number of aromatic nitrogens is 1. The van der Waals surface area contributed by atoms with E-state index >= 15 is 0 Å². The highest BCUT2D eigenvalue weighted by Gasteiger charge is 2.19. The van der Waals surface area contributed by atoms with Crippen molar-refractivity contribution >= 4 is 11.6 Å². The molecule has 0 spiro atoms. The van der Waals surface area contributed by atoms with Gasteiger partial charge in [0.25, 0.3) is 5.91 Å². The van der Waals surface area contributed by atoms with Gasteiger partial charge < -0.3 is 15.0 Å². The Morgan fingerprint density at radius 2 is 1.87 bits per heavy atom. The van der Waals surface area contributed by atoms with E-state index in [-0.39, 0.29) is 11.7 Å². The number of aryl methyl sites for hydroxylation is 1. The molecule has 0 saturated carbocycles. The van der Waals surface area contributed by atoms with Crippen LogP contribution < -0.4 is 15.0 Å². The van der Waals surface area contributed by atoms with Crippen molar-refractivity contribution in [3.8, 4) is 11.6 Å². The van der Waals surface area contributed by atoms with Gasteiger partial charge in [0, 0.05) is 37.6 Å². The van der Waals surface area contributed by atoms with Crippen LogP contribution in [0, 0.1) is 12.7 Å². The molecule has 154 valence electrons. The molecule has 0 atom stereocenters. The number of pyridine rings is 1. The number of nitrogens with zero attached hydrogens (tertiary/aromatic N) is 2. The van der Waals surface area contributed by atoms with Crippen LogP contribution in [0.5, 0.6) is 11.6 Å². The number of amides is 1. The monoisotopic (exact) mass is 405 g/mol. The van der Waals surface area contributed by atoms with Gasteiger partial charge >= 0.3 is 0 Å². The Hall–Kier alpha value is -3.41. The molecule has 0 aliphatic carbocycles. The predicted molar refractivity (Wildman–Crippen MR) is 115 cm³/mol. The Labute approximate surface area is 175 Å². The van der Waals surface area contributed by atoms with Crippen molar-refractivity contribution in [3.63, 3.8) is 0 Å². The zero-order valence-electron chi connectivity index (χ0n) is 16.9. The quantitative estimate of drug-likeness (QED) is 0.637. The number of halogens is 1. The number of ether oxygens (including phenoxy) is 1. The Morgan fingerprint density at radius 1 is 1.10 bits per heavy atom. The minimum absolute atomic E-state index is 0.0987. The number of anilines is 1. The molecule has 0 radical (unpaired) electrons. The molecular weight excluding hydrogens is 381 g/mol. The van der Waals surface area contributed by atoms with Gasteiger partial charge in [0.1, 0.15) is 11.6 Å². The molecule has 1 amide bonds. The summed E-state index contributed by atoms with van der Waals surface area (Å²) in [6.07, 6.45) is 3.94. The smallest absolute Gasteiger partial charge is 0.253 e. The van der Waals surface area contributed by atoms with Crippen molar-refractivity contribution < 1.29 is 13.9 Å². The van der Waals surface area contributed by atoms with E-state index in [1.165, 1.54) is 12.1 Å². The van der Waals surface area contributed by atoms with E-state index in [1.54, 1.807) is 24.4 Å². The highest BCUT2D eigenvalue weighted by molar-refractivity contribution is 6.00. The zero-order chi connectivity index (χ0) is 20.9. The molecule has 2 aromatic carbocycles. The predicted octanol–water partition coefficient (Wildman–Crippen LogP) is 4.85. The first kappa shape index (κ1) is 19.9. The molecule has 5 nitrogen and oxygen atoms in total. The Morgan fingerprint density at radius 3 is 2.63 bits per heavy atom. The first-order valence-electron chi connectivity index (χ1n) is 10.1. The van der Waals surface area contributed by atoms with E-state index in [0.717, 1.165) is 42.7 Å². The van der Waals surface area contributed by atoms with Crippen LogP contribution in [0.25, 0.3) is 0 Å². The lowest BCUT2D eigenvalue weighted by Crippen LogP contribution is -2.27.